The number of aromatic nitrogens is 6. The molecule has 6 rings (SSSR count). The summed E-state index contributed by atoms with van der Waals surface area (Å²) in [4.78, 5) is 56.2. The molecule has 0 aromatic carbocycles. The predicted octanol–water partition coefficient (Wildman–Crippen LogP) is 6.88. The first-order valence-electron chi connectivity index (χ1n) is 16.0. The summed E-state index contributed by atoms with van der Waals surface area (Å²) in [5, 5.41) is 20.8. The zero-order valence-corrected chi connectivity index (χ0v) is 28.0. The van der Waals surface area contributed by atoms with E-state index in [2.05, 4.69) is 21.0 Å². The van der Waals surface area contributed by atoms with Crippen LogP contribution >= 0.6 is 0 Å². The van der Waals surface area contributed by atoms with E-state index in [9.17, 15) is 24.8 Å². The van der Waals surface area contributed by atoms with Crippen LogP contribution in [-0.4, -0.2) is 58.1 Å². The van der Waals surface area contributed by atoms with E-state index in [0.717, 1.165) is 72.6 Å². The van der Waals surface area contributed by atoms with Gasteiger partial charge in [-0.25, -0.2) is 19.5 Å². The zero-order chi connectivity index (χ0) is 35.0. The summed E-state index contributed by atoms with van der Waals surface area (Å²) in [7, 11) is 0. The second kappa shape index (κ2) is 13.3. The number of nitrogens with zero attached hydrogens (tertiary/aromatic N) is 5. The van der Waals surface area contributed by atoms with Crippen LogP contribution in [0.15, 0.2) is 36.5 Å². The predicted molar refractivity (Wildman–Crippen MR) is 186 cm³/mol. The summed E-state index contributed by atoms with van der Waals surface area (Å²) in [6.07, 6.45) is 3.91. The van der Waals surface area contributed by atoms with Crippen LogP contribution in [-0.2, 0) is 27.3 Å². The first-order chi connectivity index (χ1) is 23.4. The lowest BCUT2D eigenvalue weighted by molar-refractivity contribution is -0.392. The monoisotopic (exact) mass is 663 g/mol. The van der Waals surface area contributed by atoms with Gasteiger partial charge in [-0.15, -0.1) is 0 Å². The van der Waals surface area contributed by atoms with Gasteiger partial charge in [-0.2, -0.15) is 0 Å². The molecule has 8 bridgehead atoms. The molecule has 0 fully saturated rings. The Kier molecular flexibility index (Phi) is 9.00. The Morgan fingerprint density at radius 1 is 0.918 bits per heavy atom. The standard InChI is InChI=1S/C36H37N7O6/c1-19-12-25-15-30-21(3)26(6-8-35(44)45)32(40-30)17-33-27(7-9-36(46)49-11-10-42-23(5)37-18-34(42)43(47)48)22(4)31(41-33)16-29-20(2)13-24(39-29)14-28(19)38-25/h12-18,38,40H,6-11H2,1-5H3,(H,44,45). The minimum absolute atomic E-state index is 0.0311. The summed E-state index contributed by atoms with van der Waals surface area (Å²) >= 11 is 0. The van der Waals surface area contributed by atoms with Gasteiger partial charge >= 0.3 is 17.8 Å². The van der Waals surface area contributed by atoms with Crippen molar-refractivity contribution in [3.05, 3.63) is 91.9 Å². The number of fused-ring (bicyclic) bond motifs is 8. The number of hydrogen-bond donors (Lipinski definition) is 3. The number of carbonyl (C=O) groups is 2. The molecule has 4 aromatic rings. The fraction of sp³-hybridized carbons (Fsp3) is 0.306. The number of carboxylic acid groups (broad SMARTS) is 1. The average molecular weight is 664 g/mol. The number of carboxylic acids is 1. The molecule has 0 radical (unpaired) electrons. The minimum Gasteiger partial charge on any atom is -0.481 e. The molecule has 6 heterocycles. The highest BCUT2D eigenvalue weighted by molar-refractivity contribution is 5.94. The molecule has 13 nitrogen and oxygen atoms in total. The van der Waals surface area contributed by atoms with E-state index in [-0.39, 0.29) is 31.8 Å². The number of aliphatic carboxylic acids is 1. The number of ether oxygens (including phenoxy) is 1. The first kappa shape index (κ1) is 33.1. The Balaban J connectivity index is 1.40. The van der Waals surface area contributed by atoms with Crippen molar-refractivity contribution >= 4 is 62.6 Å². The second-order valence-corrected chi connectivity index (χ2v) is 12.4. The van der Waals surface area contributed by atoms with Crippen LogP contribution in [0.25, 0.3) is 44.9 Å². The van der Waals surface area contributed by atoms with E-state index < -0.39 is 16.9 Å². The number of hydrogen-bond acceptors (Lipinski definition) is 8. The molecule has 0 amide bonds. The van der Waals surface area contributed by atoms with Crippen LogP contribution in [0, 0.1) is 30.9 Å². The molecule has 0 aliphatic carbocycles. The van der Waals surface area contributed by atoms with E-state index >= 15 is 0 Å². The van der Waals surface area contributed by atoms with Gasteiger partial charge in [-0.05, 0) is 115 Å². The van der Waals surface area contributed by atoms with Crippen molar-refractivity contribution in [1.29, 1.82) is 0 Å². The van der Waals surface area contributed by atoms with Gasteiger partial charge in [-0.3, -0.25) is 9.59 Å². The van der Waals surface area contributed by atoms with Crippen molar-refractivity contribution in [2.75, 3.05) is 6.61 Å². The maximum absolute atomic E-state index is 12.9. The van der Waals surface area contributed by atoms with Gasteiger partial charge in [0.05, 0.1) is 22.8 Å². The van der Waals surface area contributed by atoms with Crippen LogP contribution < -0.4 is 0 Å². The molecular formula is C36H37N7O6. The number of aryl methyl sites for hydroxylation is 4. The lowest BCUT2D eigenvalue weighted by Crippen LogP contribution is -2.13. The number of aromatic amines is 2. The summed E-state index contributed by atoms with van der Waals surface area (Å²) < 4.78 is 6.87. The fourth-order valence-corrected chi connectivity index (χ4v) is 6.31. The molecule has 0 unspecified atom stereocenters. The van der Waals surface area contributed by atoms with Gasteiger partial charge in [0.2, 0.25) is 0 Å². The maximum atomic E-state index is 12.9. The van der Waals surface area contributed by atoms with E-state index in [0.29, 0.717) is 24.4 Å². The Labute approximate surface area is 281 Å². The molecule has 4 aromatic heterocycles. The molecule has 3 N–H and O–H groups in total. The van der Waals surface area contributed by atoms with Crippen molar-refractivity contribution in [2.24, 2.45) is 0 Å². The van der Waals surface area contributed by atoms with Gasteiger partial charge in [0.1, 0.15) is 19.3 Å². The third-order valence-corrected chi connectivity index (χ3v) is 9.05. The highest BCUT2D eigenvalue weighted by Gasteiger charge is 2.22. The van der Waals surface area contributed by atoms with Crippen LogP contribution in [0.4, 0.5) is 5.82 Å². The normalized spacial score (nSPS) is 12.7. The molecule has 252 valence electrons. The fourth-order valence-electron chi connectivity index (χ4n) is 6.31. The maximum Gasteiger partial charge on any atom is 0.342 e. The minimum atomic E-state index is -0.886. The summed E-state index contributed by atoms with van der Waals surface area (Å²) in [6, 6.07) is 9.97. The highest BCUT2D eigenvalue weighted by Crippen LogP contribution is 2.35. The van der Waals surface area contributed by atoms with Crippen LogP contribution in [0.5, 0.6) is 0 Å². The molecule has 13 heteroatoms. The molecule has 0 spiro atoms. The Morgan fingerprint density at radius 2 is 1.71 bits per heavy atom. The largest absolute Gasteiger partial charge is 0.481 e. The topological polar surface area (TPSA) is 182 Å². The van der Waals surface area contributed by atoms with Gasteiger partial charge in [0.25, 0.3) is 0 Å². The van der Waals surface area contributed by atoms with Gasteiger partial charge in [-0.1, -0.05) is 0 Å². The first-order valence-corrected chi connectivity index (χ1v) is 16.0. The van der Waals surface area contributed by atoms with Crippen molar-refractivity contribution < 1.29 is 24.4 Å². The molecule has 2 aliphatic heterocycles. The van der Waals surface area contributed by atoms with E-state index in [1.807, 2.05) is 58.0 Å². The van der Waals surface area contributed by atoms with Crippen LogP contribution in [0.3, 0.4) is 0 Å². The van der Waals surface area contributed by atoms with E-state index in [1.54, 1.807) is 6.92 Å². The van der Waals surface area contributed by atoms with E-state index in [1.165, 1.54) is 10.8 Å². The highest BCUT2D eigenvalue weighted by atomic mass is 16.6. The number of nitro groups is 1. The second-order valence-electron chi connectivity index (χ2n) is 12.4. The van der Waals surface area contributed by atoms with Crippen molar-refractivity contribution in [3.8, 4) is 0 Å². The lowest BCUT2D eigenvalue weighted by Gasteiger charge is -2.07. The number of imidazole rings is 1. The van der Waals surface area contributed by atoms with Crippen molar-refractivity contribution in [2.45, 2.75) is 66.8 Å². The number of rotatable bonds is 10. The molecular weight excluding hydrogens is 626 g/mol. The number of H-pyrrole nitrogens is 2. The lowest BCUT2D eigenvalue weighted by atomic mass is 10.00. The summed E-state index contributed by atoms with van der Waals surface area (Å²) in [5.41, 5.74) is 12.1. The molecule has 0 saturated heterocycles. The number of carbonyl (C=O) groups excluding carboxylic acids is 1. The third-order valence-electron chi connectivity index (χ3n) is 9.05. The van der Waals surface area contributed by atoms with Crippen molar-refractivity contribution in [3.63, 3.8) is 0 Å². The molecule has 0 saturated carbocycles. The molecule has 49 heavy (non-hydrogen) atoms. The van der Waals surface area contributed by atoms with Gasteiger partial charge in [0, 0.05) is 41.8 Å². The van der Waals surface area contributed by atoms with Gasteiger partial charge in [0.15, 0.2) is 5.82 Å². The Bertz CT molecular complexity index is 2250. The number of allylic oxidation sites excluding steroid dienone is 3. The van der Waals surface area contributed by atoms with Gasteiger partial charge < -0.3 is 29.9 Å². The Hall–Kier alpha value is -5.85. The zero-order valence-electron chi connectivity index (χ0n) is 28.0. The molecule has 2 aliphatic rings. The number of nitrogens with one attached hydrogen (secondary N) is 2. The van der Waals surface area contributed by atoms with Crippen LogP contribution in [0.2, 0.25) is 0 Å². The van der Waals surface area contributed by atoms with Crippen molar-refractivity contribution in [1.82, 2.24) is 29.5 Å². The summed E-state index contributed by atoms with van der Waals surface area (Å²) in [5.74, 6) is -1.03. The smallest absolute Gasteiger partial charge is 0.342 e. The van der Waals surface area contributed by atoms with E-state index in [4.69, 9.17) is 14.7 Å². The quantitative estimate of drug-likeness (QED) is 0.0925. The average Bonchev–Trinajstić information content (AvgIpc) is 3.81. The summed E-state index contributed by atoms with van der Waals surface area (Å²) in [6.45, 7) is 9.72. The molecule has 0 atom stereocenters. The SMILES string of the molecule is CC1=Cc2cc3[nH]c(cc3C)cc3[nH]c(cc4nc(cc1n2)C(C)=C4CCC(=O)OCCn1c([N+](=O)[O-])cnc1C)c(CCC(=O)O)c3C. The van der Waals surface area contributed by atoms with Crippen LogP contribution in [0.1, 0.15) is 78.4 Å². The number of esters is 1. The third kappa shape index (κ3) is 6.91. The Morgan fingerprint density at radius 3 is 2.47 bits per heavy atom.